The molecule has 1 amide bonds. The first-order valence-electron chi connectivity index (χ1n) is 10.5. The lowest BCUT2D eigenvalue weighted by molar-refractivity contribution is 0.0990. The standard InChI is InChI=1S/C22H22N6O7S/c1-32-8-9-34-18-13(17-12(11-29)4-3-5-14(17)33-2)10-15(35-20(18)31)19(30)25-21-26-27-22(36-21)28-16(23)6-7-24-28/h3-7,10,29H,8-9,11,23H2,1-2H3,(H,25,26,30). The Morgan fingerprint density at radius 3 is 2.78 bits per heavy atom. The van der Waals surface area contributed by atoms with Crippen molar-refractivity contribution in [2.75, 3.05) is 38.5 Å². The molecule has 0 bridgehead atoms. The molecule has 0 fully saturated rings. The van der Waals surface area contributed by atoms with Crippen LogP contribution in [0.5, 0.6) is 11.5 Å². The zero-order chi connectivity index (χ0) is 25.7. The number of hydrogen-bond acceptors (Lipinski definition) is 12. The van der Waals surface area contributed by atoms with Crippen molar-refractivity contribution in [1.82, 2.24) is 20.0 Å². The minimum atomic E-state index is -0.897. The van der Waals surface area contributed by atoms with Crippen LogP contribution in [-0.2, 0) is 11.3 Å². The number of hydrogen-bond donors (Lipinski definition) is 3. The van der Waals surface area contributed by atoms with Gasteiger partial charge in [0.15, 0.2) is 5.76 Å². The number of nitrogens with two attached hydrogens (primary N) is 1. The molecule has 4 aromatic rings. The fraction of sp³-hybridized carbons (Fsp3) is 0.227. The summed E-state index contributed by atoms with van der Waals surface area (Å²) in [5.74, 6) is -0.524. The third-order valence-electron chi connectivity index (χ3n) is 4.93. The molecule has 36 heavy (non-hydrogen) atoms. The quantitative estimate of drug-likeness (QED) is 0.262. The average molecular weight is 515 g/mol. The Hall–Kier alpha value is -4.27. The van der Waals surface area contributed by atoms with E-state index >= 15 is 0 Å². The van der Waals surface area contributed by atoms with Gasteiger partial charge in [0.25, 0.3) is 5.91 Å². The molecule has 0 saturated carbocycles. The lowest BCUT2D eigenvalue weighted by Crippen LogP contribution is -2.18. The summed E-state index contributed by atoms with van der Waals surface area (Å²) in [6, 6.07) is 7.94. The van der Waals surface area contributed by atoms with Crippen LogP contribution in [0.3, 0.4) is 0 Å². The van der Waals surface area contributed by atoms with E-state index in [2.05, 4.69) is 20.6 Å². The second-order valence-corrected chi connectivity index (χ2v) is 8.10. The number of aromatic nitrogens is 4. The molecule has 0 saturated heterocycles. The number of ether oxygens (including phenoxy) is 3. The number of amides is 1. The van der Waals surface area contributed by atoms with Crippen molar-refractivity contribution >= 4 is 28.2 Å². The fourth-order valence-corrected chi connectivity index (χ4v) is 4.03. The van der Waals surface area contributed by atoms with Crippen LogP contribution in [0.2, 0.25) is 0 Å². The third kappa shape index (κ3) is 5.05. The number of nitrogens with zero attached hydrogens (tertiary/aromatic N) is 4. The molecule has 0 radical (unpaired) electrons. The lowest BCUT2D eigenvalue weighted by Gasteiger charge is -2.16. The van der Waals surface area contributed by atoms with E-state index < -0.39 is 11.5 Å². The van der Waals surface area contributed by atoms with Gasteiger partial charge in [-0.3, -0.25) is 10.1 Å². The van der Waals surface area contributed by atoms with Crippen LogP contribution in [-0.4, -0.2) is 58.4 Å². The van der Waals surface area contributed by atoms with Gasteiger partial charge in [0, 0.05) is 24.3 Å². The number of aliphatic hydroxyl groups is 1. The van der Waals surface area contributed by atoms with Gasteiger partial charge in [-0.2, -0.15) is 9.78 Å². The predicted octanol–water partition coefficient (Wildman–Crippen LogP) is 1.70. The fourth-order valence-electron chi connectivity index (χ4n) is 3.31. The van der Waals surface area contributed by atoms with E-state index in [0.29, 0.717) is 27.8 Å². The third-order valence-corrected chi connectivity index (χ3v) is 5.74. The maximum absolute atomic E-state index is 13.0. The molecule has 0 atom stereocenters. The van der Waals surface area contributed by atoms with Gasteiger partial charge in [-0.1, -0.05) is 23.5 Å². The molecule has 13 nitrogen and oxygen atoms in total. The maximum Gasteiger partial charge on any atom is 0.379 e. The topological polar surface area (TPSA) is 177 Å². The number of nitrogen functional groups attached to an aromatic ring is 1. The van der Waals surface area contributed by atoms with Gasteiger partial charge in [-0.15, -0.1) is 10.2 Å². The Balaban J connectivity index is 1.73. The molecule has 0 aliphatic rings. The van der Waals surface area contributed by atoms with Crippen molar-refractivity contribution in [1.29, 1.82) is 0 Å². The van der Waals surface area contributed by atoms with Crippen molar-refractivity contribution in [3.8, 4) is 27.8 Å². The van der Waals surface area contributed by atoms with Gasteiger partial charge in [0.05, 0.1) is 26.5 Å². The number of rotatable bonds is 10. The molecule has 0 unspecified atom stereocenters. The van der Waals surface area contributed by atoms with E-state index in [1.54, 1.807) is 24.3 Å². The van der Waals surface area contributed by atoms with E-state index in [1.165, 1.54) is 31.2 Å². The Morgan fingerprint density at radius 2 is 2.08 bits per heavy atom. The van der Waals surface area contributed by atoms with Crippen molar-refractivity contribution in [3.05, 3.63) is 58.3 Å². The summed E-state index contributed by atoms with van der Waals surface area (Å²) in [7, 11) is 2.94. The normalized spacial score (nSPS) is 10.9. The highest BCUT2D eigenvalue weighted by Gasteiger charge is 2.24. The number of carbonyl (C=O) groups is 1. The first-order chi connectivity index (χ1) is 17.5. The highest BCUT2D eigenvalue weighted by molar-refractivity contribution is 7.17. The van der Waals surface area contributed by atoms with Crippen LogP contribution in [0.1, 0.15) is 16.1 Å². The number of carbonyl (C=O) groups excluding carboxylic acids is 1. The highest BCUT2D eigenvalue weighted by atomic mass is 32.1. The van der Waals surface area contributed by atoms with Gasteiger partial charge in [0.1, 0.15) is 18.2 Å². The van der Waals surface area contributed by atoms with Gasteiger partial charge < -0.3 is 29.5 Å². The lowest BCUT2D eigenvalue weighted by atomic mass is 9.98. The largest absolute Gasteiger partial charge is 0.496 e. The van der Waals surface area contributed by atoms with Crippen molar-refractivity contribution in [2.24, 2.45) is 0 Å². The zero-order valence-corrected chi connectivity index (χ0v) is 20.1. The van der Waals surface area contributed by atoms with E-state index in [1.807, 2.05) is 0 Å². The van der Waals surface area contributed by atoms with Crippen LogP contribution >= 0.6 is 11.3 Å². The molecule has 0 aliphatic carbocycles. The molecular weight excluding hydrogens is 492 g/mol. The van der Waals surface area contributed by atoms with Crippen LogP contribution < -0.4 is 26.1 Å². The number of nitrogens with one attached hydrogen (secondary N) is 1. The Bertz CT molecular complexity index is 1410. The number of benzene rings is 1. The molecule has 188 valence electrons. The molecule has 4 rings (SSSR count). The predicted molar refractivity (Wildman–Crippen MR) is 130 cm³/mol. The second-order valence-electron chi connectivity index (χ2n) is 7.15. The van der Waals surface area contributed by atoms with Crippen molar-refractivity contribution < 1.29 is 28.5 Å². The summed E-state index contributed by atoms with van der Waals surface area (Å²) >= 11 is 1.02. The summed E-state index contributed by atoms with van der Waals surface area (Å²) in [5, 5.41) is 24.8. The number of anilines is 2. The Labute approximate surface area is 208 Å². The van der Waals surface area contributed by atoms with E-state index in [9.17, 15) is 14.7 Å². The number of aliphatic hydroxyl groups excluding tert-OH is 1. The summed E-state index contributed by atoms with van der Waals surface area (Å²) in [6.45, 7) is -0.0937. The second kappa shape index (κ2) is 11.0. The van der Waals surface area contributed by atoms with Crippen molar-refractivity contribution in [2.45, 2.75) is 6.61 Å². The number of methoxy groups -OCH3 is 2. The minimum absolute atomic E-state index is 0.0491. The first-order valence-corrected chi connectivity index (χ1v) is 11.3. The van der Waals surface area contributed by atoms with Crippen LogP contribution in [0.25, 0.3) is 16.3 Å². The molecule has 14 heteroatoms. The molecule has 0 spiro atoms. The van der Waals surface area contributed by atoms with Gasteiger partial charge in [-0.25, -0.2) is 4.79 Å². The molecule has 1 aromatic carbocycles. The first kappa shape index (κ1) is 24.8. The van der Waals surface area contributed by atoms with Gasteiger partial charge >= 0.3 is 5.63 Å². The highest BCUT2D eigenvalue weighted by Crippen LogP contribution is 2.38. The Kier molecular flexibility index (Phi) is 7.58. The molecule has 4 N–H and O–H groups in total. The monoisotopic (exact) mass is 514 g/mol. The van der Waals surface area contributed by atoms with Crippen LogP contribution in [0, 0.1) is 0 Å². The van der Waals surface area contributed by atoms with E-state index in [0.717, 1.165) is 11.3 Å². The maximum atomic E-state index is 13.0. The van der Waals surface area contributed by atoms with Crippen LogP contribution in [0.15, 0.2) is 45.7 Å². The summed E-state index contributed by atoms with van der Waals surface area (Å²) in [4.78, 5) is 25.9. The summed E-state index contributed by atoms with van der Waals surface area (Å²) < 4.78 is 22.7. The Morgan fingerprint density at radius 1 is 1.25 bits per heavy atom. The molecule has 3 heterocycles. The van der Waals surface area contributed by atoms with E-state index in [-0.39, 0.29) is 42.0 Å². The smallest absolute Gasteiger partial charge is 0.379 e. The minimum Gasteiger partial charge on any atom is -0.496 e. The summed E-state index contributed by atoms with van der Waals surface area (Å²) in [6.07, 6.45) is 1.50. The zero-order valence-electron chi connectivity index (χ0n) is 19.3. The van der Waals surface area contributed by atoms with Gasteiger partial charge in [0.2, 0.25) is 16.0 Å². The van der Waals surface area contributed by atoms with E-state index in [4.69, 9.17) is 24.4 Å². The average Bonchev–Trinajstić information content (AvgIpc) is 3.52. The molecular formula is C22H22N6O7S. The van der Waals surface area contributed by atoms with Crippen LogP contribution in [0.4, 0.5) is 10.9 Å². The molecule has 3 aromatic heterocycles. The SMILES string of the molecule is COCCOc1c(-c2c(CO)cccc2OC)cc(C(=O)Nc2nnc(-n3nccc3N)s2)oc1=O. The molecule has 0 aliphatic heterocycles. The summed E-state index contributed by atoms with van der Waals surface area (Å²) in [5.41, 5.74) is 5.96. The van der Waals surface area contributed by atoms with Gasteiger partial charge in [-0.05, 0) is 17.7 Å². The van der Waals surface area contributed by atoms with Crippen molar-refractivity contribution in [3.63, 3.8) is 0 Å².